The van der Waals surface area contributed by atoms with Crippen LogP contribution in [0.15, 0.2) is 42.5 Å². The number of hydrogen-bond acceptors (Lipinski definition) is 6. The van der Waals surface area contributed by atoms with Crippen molar-refractivity contribution < 1.29 is 28.6 Å². The van der Waals surface area contributed by atoms with Crippen LogP contribution in [0.1, 0.15) is 33.6 Å². The lowest BCUT2D eigenvalue weighted by Crippen LogP contribution is -2.23. The van der Waals surface area contributed by atoms with Crippen LogP contribution < -0.4 is 14.4 Å². The van der Waals surface area contributed by atoms with Crippen LogP contribution >= 0.6 is 0 Å². The minimum atomic E-state index is -0.610. The van der Waals surface area contributed by atoms with Crippen molar-refractivity contribution in [1.29, 1.82) is 0 Å². The maximum atomic E-state index is 12.3. The molecule has 138 valence electrons. The minimum absolute atomic E-state index is 0.0896. The first-order valence-corrected chi connectivity index (χ1v) is 8.62. The lowest BCUT2D eigenvalue weighted by atomic mass is 10.1. The summed E-state index contributed by atoms with van der Waals surface area (Å²) in [6, 6.07) is 11.4. The monoisotopic (exact) mass is 367 g/mol. The molecule has 27 heavy (non-hydrogen) atoms. The summed E-state index contributed by atoms with van der Waals surface area (Å²) in [6.45, 7) is 0.444. The van der Waals surface area contributed by atoms with Crippen molar-refractivity contribution >= 4 is 23.3 Å². The molecule has 4 rings (SSSR count). The zero-order chi connectivity index (χ0) is 18.8. The van der Waals surface area contributed by atoms with E-state index in [2.05, 4.69) is 0 Å². The van der Waals surface area contributed by atoms with Crippen LogP contribution in [0.5, 0.6) is 11.5 Å². The molecule has 7 heteroatoms. The van der Waals surface area contributed by atoms with Crippen molar-refractivity contribution in [2.75, 3.05) is 24.8 Å². The highest BCUT2D eigenvalue weighted by Gasteiger charge is 2.22. The van der Waals surface area contributed by atoms with E-state index in [0.717, 1.165) is 12.1 Å². The third-order valence-corrected chi connectivity index (χ3v) is 4.52. The number of hydrogen-bond donors (Lipinski definition) is 0. The van der Waals surface area contributed by atoms with Gasteiger partial charge in [0, 0.05) is 24.2 Å². The summed E-state index contributed by atoms with van der Waals surface area (Å²) in [5.74, 6) is 0.207. The highest BCUT2D eigenvalue weighted by molar-refractivity contribution is 6.00. The summed E-state index contributed by atoms with van der Waals surface area (Å²) in [5, 5.41) is 0. The standard InChI is InChI=1S/C20H17NO6/c22-16(13-3-6-15(7-4-13)21-9-1-2-19(21)23)11-25-20(24)14-5-8-17-18(10-14)27-12-26-17/h3-8,10H,1-2,9,11-12H2. The van der Waals surface area contributed by atoms with Gasteiger partial charge in [0.2, 0.25) is 12.7 Å². The number of amides is 1. The molecule has 1 amide bonds. The number of esters is 1. The molecule has 0 radical (unpaired) electrons. The number of Topliss-reactive ketones (excluding diaryl/α,β-unsaturated/α-hetero) is 1. The molecule has 2 heterocycles. The quantitative estimate of drug-likeness (QED) is 0.597. The number of benzene rings is 2. The van der Waals surface area contributed by atoms with E-state index in [1.54, 1.807) is 41.3 Å². The summed E-state index contributed by atoms with van der Waals surface area (Å²) in [6.07, 6.45) is 1.39. The molecule has 0 bridgehead atoms. The van der Waals surface area contributed by atoms with E-state index in [4.69, 9.17) is 14.2 Å². The Hall–Kier alpha value is -3.35. The van der Waals surface area contributed by atoms with Gasteiger partial charge in [-0.2, -0.15) is 0 Å². The largest absolute Gasteiger partial charge is 0.454 e. The summed E-state index contributed by atoms with van der Waals surface area (Å²) in [4.78, 5) is 37.9. The molecule has 0 spiro atoms. The number of nitrogens with zero attached hydrogens (tertiary/aromatic N) is 1. The number of ether oxygens (including phenoxy) is 3. The van der Waals surface area contributed by atoms with Crippen molar-refractivity contribution in [1.82, 2.24) is 0 Å². The van der Waals surface area contributed by atoms with E-state index in [9.17, 15) is 14.4 Å². The van der Waals surface area contributed by atoms with Gasteiger partial charge in [-0.1, -0.05) is 0 Å². The Balaban J connectivity index is 1.36. The van der Waals surface area contributed by atoms with Gasteiger partial charge >= 0.3 is 5.97 Å². The second-order valence-corrected chi connectivity index (χ2v) is 6.26. The van der Waals surface area contributed by atoms with Crippen LogP contribution in [0.4, 0.5) is 5.69 Å². The smallest absolute Gasteiger partial charge is 0.338 e. The van der Waals surface area contributed by atoms with Crippen LogP contribution in [-0.4, -0.2) is 37.6 Å². The summed E-state index contributed by atoms with van der Waals surface area (Å²) in [5.41, 5.74) is 1.48. The Kier molecular flexibility index (Phi) is 4.50. The molecule has 2 aromatic rings. The topological polar surface area (TPSA) is 82.1 Å². The Morgan fingerprint density at radius 1 is 1.00 bits per heavy atom. The van der Waals surface area contributed by atoms with Crippen molar-refractivity contribution in [2.45, 2.75) is 12.8 Å². The summed E-state index contributed by atoms with van der Waals surface area (Å²) in [7, 11) is 0. The summed E-state index contributed by atoms with van der Waals surface area (Å²) >= 11 is 0. The molecular weight excluding hydrogens is 350 g/mol. The van der Waals surface area contributed by atoms with Crippen LogP contribution in [0.25, 0.3) is 0 Å². The van der Waals surface area contributed by atoms with E-state index < -0.39 is 5.97 Å². The van der Waals surface area contributed by atoms with Gasteiger partial charge in [-0.05, 0) is 48.9 Å². The molecular formula is C20H17NO6. The second-order valence-electron chi connectivity index (χ2n) is 6.26. The molecule has 2 aromatic carbocycles. The average molecular weight is 367 g/mol. The van der Waals surface area contributed by atoms with E-state index in [0.29, 0.717) is 30.0 Å². The zero-order valence-electron chi connectivity index (χ0n) is 14.5. The predicted octanol–water partition coefficient (Wildman–Crippen LogP) is 2.58. The number of anilines is 1. The van der Waals surface area contributed by atoms with Gasteiger partial charge in [-0.25, -0.2) is 4.79 Å². The van der Waals surface area contributed by atoms with Gasteiger partial charge in [0.05, 0.1) is 5.56 Å². The van der Waals surface area contributed by atoms with Gasteiger partial charge in [-0.3, -0.25) is 9.59 Å². The number of carbonyl (C=O) groups is 3. The molecule has 0 aromatic heterocycles. The molecule has 2 aliphatic heterocycles. The Bertz CT molecular complexity index is 905. The molecule has 0 N–H and O–H groups in total. The van der Waals surface area contributed by atoms with Gasteiger partial charge in [0.1, 0.15) is 0 Å². The van der Waals surface area contributed by atoms with Gasteiger partial charge in [-0.15, -0.1) is 0 Å². The molecule has 0 saturated carbocycles. The third kappa shape index (κ3) is 3.48. The van der Waals surface area contributed by atoms with Crippen molar-refractivity contribution in [3.8, 4) is 11.5 Å². The Morgan fingerprint density at radius 3 is 2.48 bits per heavy atom. The van der Waals surface area contributed by atoms with Crippen molar-refractivity contribution in [2.24, 2.45) is 0 Å². The first kappa shape index (κ1) is 17.1. The van der Waals surface area contributed by atoms with Gasteiger partial charge in [0.25, 0.3) is 0 Å². The average Bonchev–Trinajstić information content (AvgIpc) is 3.34. The highest BCUT2D eigenvalue weighted by atomic mass is 16.7. The number of carbonyl (C=O) groups excluding carboxylic acids is 3. The highest BCUT2D eigenvalue weighted by Crippen LogP contribution is 2.32. The van der Waals surface area contributed by atoms with Crippen LogP contribution in [0.2, 0.25) is 0 Å². The normalized spacial score (nSPS) is 15.1. The van der Waals surface area contributed by atoms with E-state index in [1.807, 2.05) is 0 Å². The van der Waals surface area contributed by atoms with Crippen molar-refractivity contribution in [3.05, 3.63) is 53.6 Å². The van der Waals surface area contributed by atoms with Gasteiger partial charge in [0.15, 0.2) is 23.9 Å². The summed E-state index contributed by atoms with van der Waals surface area (Å²) < 4.78 is 15.5. The van der Waals surface area contributed by atoms with Crippen molar-refractivity contribution in [3.63, 3.8) is 0 Å². The van der Waals surface area contributed by atoms with Crippen LogP contribution in [0, 0.1) is 0 Å². The van der Waals surface area contributed by atoms with E-state index >= 15 is 0 Å². The first-order valence-electron chi connectivity index (χ1n) is 8.62. The molecule has 1 saturated heterocycles. The zero-order valence-corrected chi connectivity index (χ0v) is 14.5. The maximum absolute atomic E-state index is 12.3. The number of ketones is 1. The third-order valence-electron chi connectivity index (χ3n) is 4.52. The van der Waals surface area contributed by atoms with E-state index in [-0.39, 0.29) is 30.7 Å². The molecule has 0 aliphatic carbocycles. The van der Waals surface area contributed by atoms with Crippen LogP contribution in [0.3, 0.4) is 0 Å². The fourth-order valence-electron chi connectivity index (χ4n) is 3.07. The predicted molar refractivity (Wildman–Crippen MR) is 95.2 cm³/mol. The van der Waals surface area contributed by atoms with Gasteiger partial charge < -0.3 is 19.1 Å². The molecule has 2 aliphatic rings. The number of rotatable bonds is 5. The van der Waals surface area contributed by atoms with E-state index in [1.165, 1.54) is 6.07 Å². The SMILES string of the molecule is O=C(COC(=O)c1ccc2c(c1)OCO2)c1ccc(N2CCCC2=O)cc1. The number of fused-ring (bicyclic) bond motifs is 1. The second kappa shape index (κ2) is 7.11. The lowest BCUT2D eigenvalue weighted by Gasteiger charge is -2.15. The first-order chi connectivity index (χ1) is 13.1. The molecule has 0 atom stereocenters. The Morgan fingerprint density at radius 2 is 1.74 bits per heavy atom. The lowest BCUT2D eigenvalue weighted by molar-refractivity contribution is -0.117. The fourth-order valence-corrected chi connectivity index (χ4v) is 3.07. The fraction of sp³-hybridized carbons (Fsp3) is 0.250. The molecule has 1 fully saturated rings. The van der Waals surface area contributed by atoms with Crippen LogP contribution in [-0.2, 0) is 9.53 Å². The molecule has 0 unspecified atom stereocenters. The minimum Gasteiger partial charge on any atom is -0.454 e. The molecule has 7 nitrogen and oxygen atoms in total. The maximum Gasteiger partial charge on any atom is 0.338 e. The Labute approximate surface area is 155 Å².